The molecule has 19 heavy (non-hydrogen) atoms. The van der Waals surface area contributed by atoms with Gasteiger partial charge in [0, 0.05) is 13.5 Å². The Morgan fingerprint density at radius 1 is 1.21 bits per heavy atom. The summed E-state index contributed by atoms with van der Waals surface area (Å²) < 4.78 is 21.3. The van der Waals surface area contributed by atoms with Gasteiger partial charge in [-0.2, -0.15) is 0 Å². The summed E-state index contributed by atoms with van der Waals surface area (Å²) in [4.78, 5) is 13.8. The van der Waals surface area contributed by atoms with Gasteiger partial charge in [0.2, 0.25) is 18.1 Å². The topological polar surface area (TPSA) is 86.9 Å². The fourth-order valence-electron chi connectivity index (χ4n) is 2.09. The molecule has 0 aliphatic carbocycles. The van der Waals surface area contributed by atoms with Crippen molar-refractivity contribution in [3.8, 4) is 0 Å². The molecule has 0 aromatic carbocycles. The van der Waals surface area contributed by atoms with Crippen molar-refractivity contribution in [2.75, 3.05) is 32.9 Å². The minimum absolute atomic E-state index is 0.179. The van der Waals surface area contributed by atoms with Crippen LogP contribution < -0.4 is 0 Å². The summed E-state index contributed by atoms with van der Waals surface area (Å²) >= 11 is 0. The third-order valence-corrected chi connectivity index (χ3v) is 3.02. The summed E-state index contributed by atoms with van der Waals surface area (Å²) in [6.07, 6.45) is -1.18. The van der Waals surface area contributed by atoms with E-state index in [0.717, 1.165) is 0 Å². The predicted octanol–water partition coefficient (Wildman–Crippen LogP) is -0.349. The number of aromatic nitrogens is 2. The van der Waals surface area contributed by atoms with E-state index in [0.29, 0.717) is 44.7 Å². The smallest absolute Gasteiger partial charge is 0.279 e. The number of rotatable bonds is 2. The molecule has 2 aliphatic rings. The van der Waals surface area contributed by atoms with Crippen LogP contribution in [0.15, 0.2) is 4.42 Å². The number of ether oxygens (including phenoxy) is 3. The number of nitrogens with zero attached hydrogens (tertiary/aromatic N) is 3. The van der Waals surface area contributed by atoms with Crippen LogP contribution in [0.2, 0.25) is 0 Å². The molecule has 1 atom stereocenters. The van der Waals surface area contributed by atoms with Gasteiger partial charge >= 0.3 is 0 Å². The van der Waals surface area contributed by atoms with Crippen LogP contribution in [0.5, 0.6) is 0 Å². The molecule has 1 aromatic rings. The first-order chi connectivity index (χ1) is 9.24. The van der Waals surface area contributed by atoms with E-state index in [1.54, 1.807) is 11.8 Å². The minimum atomic E-state index is -0.789. The van der Waals surface area contributed by atoms with E-state index < -0.39 is 6.29 Å². The Balaban J connectivity index is 1.65. The largest absolute Gasteiger partial charge is 0.423 e. The molecule has 0 bridgehead atoms. The number of carbonyl (C=O) groups is 1. The Morgan fingerprint density at radius 3 is 2.68 bits per heavy atom. The molecule has 104 valence electrons. The zero-order chi connectivity index (χ0) is 13.2. The Morgan fingerprint density at radius 2 is 2.00 bits per heavy atom. The van der Waals surface area contributed by atoms with Gasteiger partial charge in [-0.05, 0) is 0 Å². The van der Waals surface area contributed by atoms with Crippen molar-refractivity contribution in [1.29, 1.82) is 0 Å². The van der Waals surface area contributed by atoms with Gasteiger partial charge in [0.05, 0.1) is 26.4 Å². The molecule has 8 heteroatoms. The third-order valence-electron chi connectivity index (χ3n) is 3.02. The quantitative estimate of drug-likeness (QED) is 0.725. The fraction of sp³-hybridized carbons (Fsp3) is 0.727. The zero-order valence-electron chi connectivity index (χ0n) is 10.6. The molecule has 2 fully saturated rings. The SMILES string of the molecule is Cc1nnc(C2CN(C(=O)C3OCCO3)CCO2)o1. The van der Waals surface area contributed by atoms with Gasteiger partial charge in [-0.3, -0.25) is 4.79 Å². The Kier molecular flexibility index (Phi) is 3.45. The maximum Gasteiger partial charge on any atom is 0.279 e. The van der Waals surface area contributed by atoms with Crippen molar-refractivity contribution in [3.05, 3.63) is 11.8 Å². The number of carbonyl (C=O) groups excluding carboxylic acids is 1. The molecule has 3 rings (SSSR count). The fourth-order valence-corrected chi connectivity index (χ4v) is 2.09. The molecule has 0 N–H and O–H groups in total. The molecular weight excluding hydrogens is 254 g/mol. The highest BCUT2D eigenvalue weighted by Crippen LogP contribution is 2.22. The van der Waals surface area contributed by atoms with Crippen molar-refractivity contribution in [2.24, 2.45) is 0 Å². The molecule has 1 aromatic heterocycles. The van der Waals surface area contributed by atoms with Crippen molar-refractivity contribution in [2.45, 2.75) is 19.3 Å². The van der Waals surface area contributed by atoms with Gasteiger partial charge in [0.15, 0.2) is 6.10 Å². The Hall–Kier alpha value is -1.51. The second kappa shape index (κ2) is 5.24. The van der Waals surface area contributed by atoms with Crippen LogP contribution in [-0.2, 0) is 19.0 Å². The van der Waals surface area contributed by atoms with Gasteiger partial charge in [0.25, 0.3) is 5.91 Å². The lowest BCUT2D eigenvalue weighted by Crippen LogP contribution is -2.47. The van der Waals surface area contributed by atoms with E-state index in [1.807, 2.05) is 0 Å². The second-order valence-electron chi connectivity index (χ2n) is 4.38. The second-order valence-corrected chi connectivity index (χ2v) is 4.38. The van der Waals surface area contributed by atoms with E-state index in [-0.39, 0.29) is 12.0 Å². The van der Waals surface area contributed by atoms with E-state index >= 15 is 0 Å². The minimum Gasteiger partial charge on any atom is -0.423 e. The Labute approximate surface area is 109 Å². The van der Waals surface area contributed by atoms with Crippen molar-refractivity contribution in [3.63, 3.8) is 0 Å². The first-order valence-electron chi connectivity index (χ1n) is 6.17. The number of morpholine rings is 1. The van der Waals surface area contributed by atoms with Crippen LogP contribution in [0.1, 0.15) is 17.9 Å². The average Bonchev–Trinajstić information content (AvgIpc) is 3.09. The molecular formula is C11H15N3O5. The first kappa shape index (κ1) is 12.5. The van der Waals surface area contributed by atoms with Gasteiger partial charge < -0.3 is 23.5 Å². The Bertz CT molecular complexity index is 457. The van der Waals surface area contributed by atoms with E-state index in [9.17, 15) is 4.79 Å². The van der Waals surface area contributed by atoms with Gasteiger partial charge in [-0.1, -0.05) is 0 Å². The summed E-state index contributed by atoms with van der Waals surface area (Å²) in [5.74, 6) is 0.690. The molecule has 0 spiro atoms. The molecule has 8 nitrogen and oxygen atoms in total. The summed E-state index contributed by atoms with van der Waals surface area (Å²) in [6, 6.07) is 0. The average molecular weight is 269 g/mol. The van der Waals surface area contributed by atoms with Crippen LogP contribution in [0.4, 0.5) is 0 Å². The maximum absolute atomic E-state index is 12.1. The highest BCUT2D eigenvalue weighted by Gasteiger charge is 2.34. The molecule has 0 radical (unpaired) electrons. The lowest BCUT2D eigenvalue weighted by Gasteiger charge is -2.32. The standard InChI is InChI=1S/C11H15N3O5/c1-7-12-13-9(19-7)8-6-14(2-3-16-8)10(15)11-17-4-5-18-11/h8,11H,2-6H2,1H3. The monoisotopic (exact) mass is 269 g/mol. The van der Waals surface area contributed by atoms with E-state index in [2.05, 4.69) is 10.2 Å². The lowest BCUT2D eigenvalue weighted by atomic mass is 10.2. The zero-order valence-corrected chi connectivity index (χ0v) is 10.6. The molecule has 2 aliphatic heterocycles. The van der Waals surface area contributed by atoms with Crippen LogP contribution in [0.25, 0.3) is 0 Å². The molecule has 1 amide bonds. The van der Waals surface area contributed by atoms with E-state index in [4.69, 9.17) is 18.6 Å². The van der Waals surface area contributed by atoms with Gasteiger partial charge in [0.1, 0.15) is 0 Å². The molecule has 3 heterocycles. The predicted molar refractivity (Wildman–Crippen MR) is 60.0 cm³/mol. The number of hydrogen-bond donors (Lipinski definition) is 0. The summed E-state index contributed by atoms with van der Waals surface area (Å²) in [7, 11) is 0. The normalized spacial score (nSPS) is 24.9. The maximum atomic E-state index is 12.1. The van der Waals surface area contributed by atoms with Crippen LogP contribution in [0.3, 0.4) is 0 Å². The highest BCUT2D eigenvalue weighted by atomic mass is 16.7. The van der Waals surface area contributed by atoms with Crippen molar-refractivity contribution in [1.82, 2.24) is 15.1 Å². The molecule has 0 saturated carbocycles. The van der Waals surface area contributed by atoms with Gasteiger partial charge in [-0.15, -0.1) is 10.2 Å². The van der Waals surface area contributed by atoms with Crippen LogP contribution >= 0.6 is 0 Å². The summed E-state index contributed by atoms with van der Waals surface area (Å²) in [5, 5.41) is 7.68. The van der Waals surface area contributed by atoms with E-state index in [1.165, 1.54) is 0 Å². The van der Waals surface area contributed by atoms with Crippen molar-refractivity contribution >= 4 is 5.91 Å². The van der Waals surface area contributed by atoms with Crippen molar-refractivity contribution < 1.29 is 23.4 Å². The molecule has 1 unspecified atom stereocenters. The first-order valence-corrected chi connectivity index (χ1v) is 6.17. The van der Waals surface area contributed by atoms with Crippen LogP contribution in [-0.4, -0.2) is 60.2 Å². The van der Waals surface area contributed by atoms with Gasteiger partial charge in [-0.25, -0.2) is 0 Å². The lowest BCUT2D eigenvalue weighted by molar-refractivity contribution is -0.165. The highest BCUT2D eigenvalue weighted by molar-refractivity contribution is 5.80. The summed E-state index contributed by atoms with van der Waals surface area (Å²) in [6.45, 7) is 3.91. The van der Waals surface area contributed by atoms with Crippen LogP contribution in [0, 0.1) is 6.92 Å². The molecule has 2 saturated heterocycles. The number of aryl methyl sites for hydroxylation is 1. The summed E-state index contributed by atoms with van der Waals surface area (Å²) in [5.41, 5.74) is 0. The number of hydrogen-bond acceptors (Lipinski definition) is 7. The number of amides is 1. The third kappa shape index (κ3) is 2.60.